The number of hydrogen-bond acceptors (Lipinski definition) is 3. The molecule has 2 radical (unpaired) electrons. The van der Waals surface area contributed by atoms with E-state index < -0.39 is 0 Å². The fraction of sp³-hybridized carbons (Fsp3) is 0.556. The fourth-order valence-corrected chi connectivity index (χ4v) is 1.78. The second-order valence-corrected chi connectivity index (χ2v) is 4.21. The number of carbonyl (C=O) groups is 1. The van der Waals surface area contributed by atoms with Gasteiger partial charge in [-0.15, -0.1) is 11.3 Å². The van der Waals surface area contributed by atoms with Gasteiger partial charge in [0.25, 0.3) is 0 Å². The van der Waals surface area contributed by atoms with Crippen molar-refractivity contribution >= 4 is 25.0 Å². The summed E-state index contributed by atoms with van der Waals surface area (Å²) in [6.07, 6.45) is 3.18. The van der Waals surface area contributed by atoms with Gasteiger partial charge in [0, 0.05) is 11.1 Å². The zero-order valence-electron chi connectivity index (χ0n) is 7.91. The Morgan fingerprint density at radius 1 is 1.77 bits per heavy atom. The number of thiazole rings is 1. The van der Waals surface area contributed by atoms with Crippen molar-refractivity contribution in [3.8, 4) is 0 Å². The maximum absolute atomic E-state index is 11.3. The summed E-state index contributed by atoms with van der Waals surface area (Å²) in [5, 5.41) is 0.874. The SMILES string of the molecule is [B]C(C)C(=O)Cc1ncc(CC)s1. The van der Waals surface area contributed by atoms with E-state index in [1.807, 2.05) is 6.20 Å². The molecule has 0 saturated heterocycles. The summed E-state index contributed by atoms with van der Waals surface area (Å²) >= 11 is 1.59. The van der Waals surface area contributed by atoms with Gasteiger partial charge >= 0.3 is 0 Å². The minimum Gasteiger partial charge on any atom is -0.300 e. The van der Waals surface area contributed by atoms with Gasteiger partial charge in [0.2, 0.25) is 0 Å². The third kappa shape index (κ3) is 2.96. The Labute approximate surface area is 83.8 Å². The second kappa shape index (κ2) is 4.56. The van der Waals surface area contributed by atoms with Crippen LogP contribution < -0.4 is 0 Å². The van der Waals surface area contributed by atoms with Crippen molar-refractivity contribution in [2.24, 2.45) is 0 Å². The molecule has 2 nitrogen and oxygen atoms in total. The molecule has 0 aliphatic carbocycles. The molecule has 0 N–H and O–H groups in total. The quantitative estimate of drug-likeness (QED) is 0.682. The van der Waals surface area contributed by atoms with Gasteiger partial charge in [-0.3, -0.25) is 4.79 Å². The molecular formula is C9H12BNOS. The molecule has 4 heteroatoms. The normalized spacial score (nSPS) is 12.8. The predicted octanol–water partition coefficient (Wildman–Crippen LogP) is 1.79. The van der Waals surface area contributed by atoms with Crippen LogP contribution in [0, 0.1) is 0 Å². The maximum atomic E-state index is 11.3. The number of hydrogen-bond donors (Lipinski definition) is 0. The van der Waals surface area contributed by atoms with E-state index in [0.29, 0.717) is 6.42 Å². The first-order chi connectivity index (χ1) is 6.13. The Morgan fingerprint density at radius 2 is 2.46 bits per heavy atom. The topological polar surface area (TPSA) is 30.0 Å². The van der Waals surface area contributed by atoms with Gasteiger partial charge in [-0.25, -0.2) is 4.98 Å². The Kier molecular flexibility index (Phi) is 3.66. The fourth-order valence-electron chi connectivity index (χ4n) is 0.903. The number of carbonyl (C=O) groups excluding carboxylic acids is 1. The summed E-state index contributed by atoms with van der Waals surface area (Å²) in [5.74, 6) is -0.328. The summed E-state index contributed by atoms with van der Waals surface area (Å²) in [6, 6.07) is 0. The first-order valence-corrected chi connectivity index (χ1v) is 5.17. The molecule has 68 valence electrons. The summed E-state index contributed by atoms with van der Waals surface area (Å²) in [4.78, 5) is 16.6. The van der Waals surface area contributed by atoms with E-state index in [-0.39, 0.29) is 11.6 Å². The first-order valence-electron chi connectivity index (χ1n) is 4.35. The Bertz CT molecular complexity index is 296. The Hall–Kier alpha value is -0.635. The van der Waals surface area contributed by atoms with Crippen LogP contribution >= 0.6 is 11.3 Å². The third-order valence-electron chi connectivity index (χ3n) is 1.78. The second-order valence-electron chi connectivity index (χ2n) is 3.01. The molecule has 0 bridgehead atoms. The summed E-state index contributed by atoms with van der Waals surface area (Å²) in [5.41, 5.74) is 0. The van der Waals surface area contributed by atoms with E-state index in [1.54, 1.807) is 18.3 Å². The first kappa shape index (κ1) is 10.4. The molecule has 0 saturated carbocycles. The van der Waals surface area contributed by atoms with Crippen LogP contribution in [-0.4, -0.2) is 18.6 Å². The van der Waals surface area contributed by atoms with Gasteiger partial charge in [0.1, 0.15) is 10.8 Å². The highest BCUT2D eigenvalue weighted by molar-refractivity contribution is 7.11. The third-order valence-corrected chi connectivity index (χ3v) is 2.92. The monoisotopic (exact) mass is 193 g/mol. The lowest BCUT2D eigenvalue weighted by atomic mass is 9.84. The van der Waals surface area contributed by atoms with E-state index >= 15 is 0 Å². The summed E-state index contributed by atoms with van der Waals surface area (Å²) in [7, 11) is 5.45. The van der Waals surface area contributed by atoms with Crippen LogP contribution in [0.25, 0.3) is 0 Å². The Morgan fingerprint density at radius 3 is 2.92 bits per heavy atom. The highest BCUT2D eigenvalue weighted by Gasteiger charge is 2.10. The van der Waals surface area contributed by atoms with Crippen LogP contribution in [-0.2, 0) is 17.6 Å². The average Bonchev–Trinajstić information content (AvgIpc) is 2.52. The Balaban J connectivity index is 2.59. The molecule has 0 aliphatic heterocycles. The minimum atomic E-state index is -0.381. The average molecular weight is 193 g/mol. The van der Waals surface area contributed by atoms with Crippen molar-refractivity contribution in [2.75, 3.05) is 0 Å². The molecule has 0 fully saturated rings. The number of nitrogens with zero attached hydrogens (tertiary/aromatic N) is 1. The smallest absolute Gasteiger partial charge is 0.133 e. The van der Waals surface area contributed by atoms with Crippen molar-refractivity contribution in [1.29, 1.82) is 0 Å². The molecule has 0 amide bonds. The number of aryl methyl sites for hydroxylation is 1. The lowest BCUT2D eigenvalue weighted by Gasteiger charge is -2.00. The number of ketones is 1. The molecule has 1 unspecified atom stereocenters. The van der Waals surface area contributed by atoms with Gasteiger partial charge in [0.15, 0.2) is 0 Å². The molecule has 13 heavy (non-hydrogen) atoms. The van der Waals surface area contributed by atoms with Crippen LogP contribution in [0.3, 0.4) is 0 Å². The molecule has 1 aromatic rings. The van der Waals surface area contributed by atoms with Gasteiger partial charge in [-0.05, 0) is 12.2 Å². The summed E-state index contributed by atoms with van der Waals surface area (Å²) in [6.45, 7) is 3.78. The molecule has 1 rings (SSSR count). The molecular weight excluding hydrogens is 181 g/mol. The number of Topliss-reactive ketones (excluding diaryl/α,β-unsaturated/α-hetero) is 1. The van der Waals surface area contributed by atoms with Crippen molar-refractivity contribution < 1.29 is 4.79 Å². The van der Waals surface area contributed by atoms with E-state index in [0.717, 1.165) is 11.4 Å². The predicted molar refractivity (Wildman–Crippen MR) is 55.4 cm³/mol. The van der Waals surface area contributed by atoms with E-state index in [1.165, 1.54) is 4.88 Å². The van der Waals surface area contributed by atoms with E-state index in [9.17, 15) is 4.79 Å². The van der Waals surface area contributed by atoms with Crippen molar-refractivity contribution in [3.63, 3.8) is 0 Å². The standard InChI is InChI=1S/C9H12BNOS/c1-3-7-5-11-9(13-7)4-8(12)6(2)10/h5-6H,3-4H2,1-2H3. The zero-order valence-corrected chi connectivity index (χ0v) is 8.73. The number of aromatic nitrogens is 1. The van der Waals surface area contributed by atoms with Crippen LogP contribution in [0.2, 0.25) is 5.82 Å². The molecule has 0 spiro atoms. The van der Waals surface area contributed by atoms with Gasteiger partial charge < -0.3 is 0 Å². The van der Waals surface area contributed by atoms with Crippen molar-refractivity contribution in [3.05, 3.63) is 16.1 Å². The van der Waals surface area contributed by atoms with Crippen molar-refractivity contribution in [1.82, 2.24) is 4.98 Å². The highest BCUT2D eigenvalue weighted by Crippen LogP contribution is 2.15. The lowest BCUT2D eigenvalue weighted by molar-refractivity contribution is -0.118. The molecule has 1 atom stereocenters. The lowest BCUT2D eigenvalue weighted by Crippen LogP contribution is -2.07. The zero-order chi connectivity index (χ0) is 9.84. The molecule has 1 heterocycles. The van der Waals surface area contributed by atoms with E-state index in [4.69, 9.17) is 7.85 Å². The van der Waals surface area contributed by atoms with Crippen LogP contribution in [0.15, 0.2) is 6.20 Å². The molecule has 0 aliphatic rings. The van der Waals surface area contributed by atoms with Crippen LogP contribution in [0.5, 0.6) is 0 Å². The largest absolute Gasteiger partial charge is 0.300 e. The maximum Gasteiger partial charge on any atom is 0.133 e. The van der Waals surface area contributed by atoms with Crippen molar-refractivity contribution in [2.45, 2.75) is 32.5 Å². The van der Waals surface area contributed by atoms with E-state index in [2.05, 4.69) is 11.9 Å². The van der Waals surface area contributed by atoms with Crippen LogP contribution in [0.1, 0.15) is 23.7 Å². The highest BCUT2D eigenvalue weighted by atomic mass is 32.1. The van der Waals surface area contributed by atoms with Crippen LogP contribution in [0.4, 0.5) is 0 Å². The van der Waals surface area contributed by atoms with Gasteiger partial charge in [0.05, 0.1) is 14.3 Å². The summed E-state index contributed by atoms with van der Waals surface area (Å²) < 4.78 is 0. The van der Waals surface area contributed by atoms with Gasteiger partial charge in [-0.2, -0.15) is 0 Å². The minimum absolute atomic E-state index is 0.0528. The molecule has 0 aromatic carbocycles. The van der Waals surface area contributed by atoms with Gasteiger partial charge in [-0.1, -0.05) is 13.8 Å². The molecule has 1 aromatic heterocycles. The number of rotatable bonds is 4.